The van der Waals surface area contributed by atoms with E-state index in [9.17, 15) is 18.0 Å². The van der Waals surface area contributed by atoms with Crippen LogP contribution in [0.1, 0.15) is 26.2 Å². The number of carbonyl (C=O) groups excluding carboxylic acids is 1. The Bertz CT molecular complexity index is 475. The lowest BCUT2D eigenvalue weighted by molar-refractivity contribution is -0.0675. The maximum atomic E-state index is 12.6. The van der Waals surface area contributed by atoms with Crippen molar-refractivity contribution in [3.05, 3.63) is 0 Å². The van der Waals surface area contributed by atoms with E-state index >= 15 is 0 Å². The van der Waals surface area contributed by atoms with Gasteiger partial charge in [0.15, 0.2) is 0 Å². The highest BCUT2D eigenvalue weighted by molar-refractivity contribution is 6.02. The maximum Gasteiger partial charge on any atom is 0.449 e. The molecule has 0 aromatic heterocycles. The molecule has 2 amide bonds. The quantitative estimate of drug-likeness (QED) is 0.617. The largest absolute Gasteiger partial charge is 0.449 e. The number of nitrogens with zero attached hydrogens (tertiary/aromatic N) is 3. The predicted molar refractivity (Wildman–Crippen MR) is 75.2 cm³/mol. The summed E-state index contributed by atoms with van der Waals surface area (Å²) in [6.45, 7) is 2.31. The number of amidine groups is 2. The van der Waals surface area contributed by atoms with Crippen LogP contribution < -0.4 is 0 Å². The number of amides is 2. The van der Waals surface area contributed by atoms with Crippen LogP contribution in [0.4, 0.5) is 18.0 Å². The zero-order chi connectivity index (χ0) is 16.5. The van der Waals surface area contributed by atoms with Crippen molar-refractivity contribution in [2.45, 2.75) is 38.4 Å². The molecule has 1 aliphatic carbocycles. The normalized spacial score (nSPS) is 19.4. The van der Waals surface area contributed by atoms with Crippen molar-refractivity contribution >= 4 is 17.7 Å². The van der Waals surface area contributed by atoms with Gasteiger partial charge in [-0.2, -0.15) is 13.2 Å². The molecule has 1 saturated carbocycles. The zero-order valence-corrected chi connectivity index (χ0v) is 12.4. The van der Waals surface area contributed by atoms with E-state index in [4.69, 9.17) is 10.8 Å². The van der Waals surface area contributed by atoms with E-state index in [1.54, 1.807) is 4.90 Å². The van der Waals surface area contributed by atoms with Crippen LogP contribution >= 0.6 is 0 Å². The number of piperazine rings is 1. The van der Waals surface area contributed by atoms with Crippen molar-refractivity contribution in [3.8, 4) is 0 Å². The summed E-state index contributed by atoms with van der Waals surface area (Å²) in [6, 6.07) is 0.0143. The summed E-state index contributed by atoms with van der Waals surface area (Å²) >= 11 is 0. The number of alkyl halides is 3. The van der Waals surface area contributed by atoms with Gasteiger partial charge in [-0.05, 0) is 19.3 Å². The Hall–Kier alpha value is -1.80. The molecule has 1 heterocycles. The molecule has 2 rings (SSSR count). The van der Waals surface area contributed by atoms with Crippen LogP contribution in [0.3, 0.4) is 0 Å². The lowest BCUT2D eigenvalue weighted by atomic mass is 10.2. The van der Waals surface area contributed by atoms with Gasteiger partial charge in [0.25, 0.3) is 0 Å². The van der Waals surface area contributed by atoms with Gasteiger partial charge in [0.05, 0.1) is 6.54 Å². The van der Waals surface area contributed by atoms with Crippen LogP contribution in [0.5, 0.6) is 0 Å². The first-order chi connectivity index (χ1) is 10.3. The molecule has 124 valence electrons. The number of carbonyl (C=O) groups is 1. The molecule has 0 aromatic rings. The van der Waals surface area contributed by atoms with Crippen molar-refractivity contribution in [2.75, 3.05) is 26.2 Å². The van der Waals surface area contributed by atoms with E-state index in [1.807, 2.05) is 6.92 Å². The zero-order valence-electron chi connectivity index (χ0n) is 12.4. The topological polar surface area (TPSA) is 74.5 Å². The standard InChI is InChI=1S/C13H20F3N5O/c1-2-5-20(9-3-4-9)12(22)19-6-7-21(10(17)8-19)11(18)13(14,15)16/h9,17-18H,2-8H2,1H3. The first-order valence-electron chi connectivity index (χ1n) is 7.32. The highest BCUT2D eigenvalue weighted by Crippen LogP contribution is 2.28. The number of rotatable bonds is 3. The van der Waals surface area contributed by atoms with Crippen molar-refractivity contribution < 1.29 is 18.0 Å². The van der Waals surface area contributed by atoms with Gasteiger partial charge in [-0.1, -0.05) is 6.92 Å². The minimum atomic E-state index is -4.78. The highest BCUT2D eigenvalue weighted by Gasteiger charge is 2.42. The molecule has 0 radical (unpaired) electrons. The van der Waals surface area contributed by atoms with Gasteiger partial charge in [0, 0.05) is 25.7 Å². The average Bonchev–Trinajstić information content (AvgIpc) is 3.26. The summed E-state index contributed by atoms with van der Waals surface area (Å²) in [5.74, 6) is -1.91. The molecule has 1 saturated heterocycles. The Morgan fingerprint density at radius 1 is 1.36 bits per heavy atom. The summed E-state index contributed by atoms with van der Waals surface area (Å²) in [7, 11) is 0. The van der Waals surface area contributed by atoms with Gasteiger partial charge in [-0.3, -0.25) is 10.8 Å². The second-order valence-corrected chi connectivity index (χ2v) is 5.57. The smallest absolute Gasteiger partial charge is 0.322 e. The summed E-state index contributed by atoms with van der Waals surface area (Å²) in [6.07, 6.45) is -2.04. The molecular weight excluding hydrogens is 299 g/mol. The molecule has 0 unspecified atom stereocenters. The molecular formula is C13H20F3N5O. The van der Waals surface area contributed by atoms with E-state index in [0.29, 0.717) is 11.4 Å². The second-order valence-electron chi connectivity index (χ2n) is 5.57. The monoisotopic (exact) mass is 319 g/mol. The van der Waals surface area contributed by atoms with Crippen molar-refractivity contribution in [3.63, 3.8) is 0 Å². The molecule has 2 aliphatic rings. The minimum absolute atomic E-state index is 0.0899. The Morgan fingerprint density at radius 3 is 2.45 bits per heavy atom. The average molecular weight is 319 g/mol. The molecule has 0 atom stereocenters. The highest BCUT2D eigenvalue weighted by atomic mass is 19.4. The number of hydrogen-bond donors (Lipinski definition) is 2. The van der Waals surface area contributed by atoms with E-state index in [-0.39, 0.29) is 37.5 Å². The number of halogens is 3. The third-order valence-electron chi connectivity index (χ3n) is 3.77. The molecule has 6 nitrogen and oxygen atoms in total. The lowest BCUT2D eigenvalue weighted by Gasteiger charge is -2.38. The van der Waals surface area contributed by atoms with Crippen LogP contribution in [0.15, 0.2) is 0 Å². The summed E-state index contributed by atoms with van der Waals surface area (Å²) < 4.78 is 37.7. The van der Waals surface area contributed by atoms with Crippen molar-refractivity contribution in [1.29, 1.82) is 10.8 Å². The SMILES string of the molecule is CCCN(C(=O)N1CCN(C(=N)C(F)(F)F)C(=N)C1)C1CC1. The fraction of sp³-hybridized carbons (Fsp3) is 0.769. The van der Waals surface area contributed by atoms with Crippen LogP contribution in [-0.4, -0.2) is 70.8 Å². The number of nitrogens with one attached hydrogen (secondary N) is 2. The number of urea groups is 1. The minimum Gasteiger partial charge on any atom is -0.322 e. The van der Waals surface area contributed by atoms with Gasteiger partial charge in [-0.15, -0.1) is 0 Å². The fourth-order valence-electron chi connectivity index (χ4n) is 2.51. The molecule has 0 bridgehead atoms. The van der Waals surface area contributed by atoms with Gasteiger partial charge >= 0.3 is 12.2 Å². The lowest BCUT2D eigenvalue weighted by Crippen LogP contribution is -2.58. The van der Waals surface area contributed by atoms with E-state index in [1.165, 1.54) is 4.90 Å². The van der Waals surface area contributed by atoms with Gasteiger partial charge in [0.1, 0.15) is 5.84 Å². The van der Waals surface area contributed by atoms with Crippen molar-refractivity contribution in [2.24, 2.45) is 0 Å². The third kappa shape index (κ3) is 3.50. The first kappa shape index (κ1) is 16.6. The Kier molecular flexibility index (Phi) is 4.62. The molecule has 2 fully saturated rings. The van der Waals surface area contributed by atoms with E-state index in [0.717, 1.165) is 19.3 Å². The fourth-order valence-corrected chi connectivity index (χ4v) is 2.51. The Labute approximate surface area is 126 Å². The molecule has 1 aliphatic heterocycles. The van der Waals surface area contributed by atoms with Gasteiger partial charge in [0.2, 0.25) is 5.84 Å². The first-order valence-corrected chi connectivity index (χ1v) is 7.32. The third-order valence-corrected chi connectivity index (χ3v) is 3.77. The predicted octanol–water partition coefficient (Wildman–Crippen LogP) is 2.12. The van der Waals surface area contributed by atoms with Crippen LogP contribution in [0.25, 0.3) is 0 Å². The van der Waals surface area contributed by atoms with Crippen LogP contribution in [-0.2, 0) is 0 Å². The number of hydrogen-bond acceptors (Lipinski definition) is 3. The Balaban J connectivity index is 1.98. The summed E-state index contributed by atoms with van der Waals surface area (Å²) in [5, 5.41) is 14.8. The van der Waals surface area contributed by atoms with E-state index in [2.05, 4.69) is 0 Å². The molecule has 0 spiro atoms. The summed E-state index contributed by atoms with van der Waals surface area (Å²) in [4.78, 5) is 16.2. The second kappa shape index (κ2) is 6.13. The van der Waals surface area contributed by atoms with Gasteiger partial charge < -0.3 is 14.7 Å². The van der Waals surface area contributed by atoms with Gasteiger partial charge in [-0.25, -0.2) is 4.79 Å². The van der Waals surface area contributed by atoms with Crippen LogP contribution in [0, 0.1) is 10.8 Å². The summed E-state index contributed by atoms with van der Waals surface area (Å²) in [5.41, 5.74) is 0. The van der Waals surface area contributed by atoms with Crippen LogP contribution in [0.2, 0.25) is 0 Å². The molecule has 9 heteroatoms. The van der Waals surface area contributed by atoms with E-state index < -0.39 is 12.0 Å². The maximum absolute atomic E-state index is 12.6. The molecule has 2 N–H and O–H groups in total. The Morgan fingerprint density at radius 2 is 2.00 bits per heavy atom. The molecule has 22 heavy (non-hydrogen) atoms. The molecule has 0 aromatic carbocycles. The van der Waals surface area contributed by atoms with Crippen molar-refractivity contribution in [1.82, 2.24) is 14.7 Å².